The van der Waals surface area contributed by atoms with Gasteiger partial charge in [0.1, 0.15) is 5.82 Å². The van der Waals surface area contributed by atoms with Crippen LogP contribution in [0.2, 0.25) is 0 Å². The van der Waals surface area contributed by atoms with E-state index in [2.05, 4.69) is 24.1 Å². The second-order valence-corrected chi connectivity index (χ2v) is 8.19. The van der Waals surface area contributed by atoms with Crippen LogP contribution in [-0.4, -0.2) is 45.0 Å². The number of aliphatic hydroxyl groups excluding tert-OH is 2. The second-order valence-electron chi connectivity index (χ2n) is 8.19. The Labute approximate surface area is 151 Å². The molecule has 4 atom stereocenters. The van der Waals surface area contributed by atoms with Crippen molar-refractivity contribution < 1.29 is 10.2 Å². The zero-order chi connectivity index (χ0) is 17.8. The van der Waals surface area contributed by atoms with Gasteiger partial charge >= 0.3 is 0 Å². The van der Waals surface area contributed by atoms with Gasteiger partial charge in [0.25, 0.3) is 0 Å². The highest BCUT2D eigenvalue weighted by molar-refractivity contribution is 5.09. The van der Waals surface area contributed by atoms with Crippen molar-refractivity contribution in [2.24, 2.45) is 11.8 Å². The van der Waals surface area contributed by atoms with E-state index in [0.29, 0.717) is 12.0 Å². The Morgan fingerprint density at radius 1 is 1.20 bits per heavy atom. The molecule has 3 N–H and O–H groups in total. The summed E-state index contributed by atoms with van der Waals surface area (Å²) in [6.07, 6.45) is 9.32. The largest absolute Gasteiger partial charge is 0.396 e. The Kier molecular flexibility index (Phi) is 6.42. The van der Waals surface area contributed by atoms with Crippen molar-refractivity contribution >= 4 is 0 Å². The highest BCUT2D eigenvalue weighted by Gasteiger charge is 2.42. The maximum atomic E-state index is 10.4. The van der Waals surface area contributed by atoms with Gasteiger partial charge in [-0.3, -0.25) is 0 Å². The van der Waals surface area contributed by atoms with Crippen LogP contribution in [0.25, 0.3) is 0 Å². The smallest absolute Gasteiger partial charge is 0.131 e. The van der Waals surface area contributed by atoms with Crippen molar-refractivity contribution in [3.63, 3.8) is 0 Å². The molecule has 0 amide bonds. The molecule has 0 aliphatic heterocycles. The summed E-state index contributed by atoms with van der Waals surface area (Å²) >= 11 is 0. The average Bonchev–Trinajstić information content (AvgIpc) is 2.90. The quantitative estimate of drug-likeness (QED) is 0.737. The van der Waals surface area contributed by atoms with E-state index in [1.165, 1.54) is 32.1 Å². The lowest BCUT2D eigenvalue weighted by Gasteiger charge is -2.31. The topological polar surface area (TPSA) is 78.3 Å². The number of aromatic nitrogens is 2. The molecule has 0 radical (unpaired) electrons. The first-order chi connectivity index (χ1) is 12.1. The molecule has 4 unspecified atom stereocenters. The molecule has 0 aromatic carbocycles. The molecule has 0 bridgehead atoms. The van der Waals surface area contributed by atoms with Crippen LogP contribution < -0.4 is 5.32 Å². The predicted octanol–water partition coefficient (Wildman–Crippen LogP) is 2.42. The predicted molar refractivity (Wildman–Crippen MR) is 98.3 cm³/mol. The standard InChI is InChI=1S/C20H33N3O2/c1-13(2)20-21-9-8-15(23-20)10-16-17(12-24)19(25)11-18(16)22-14-6-4-3-5-7-14/h8-9,13-14,16-19,22,24-25H,3-7,10-12H2,1-2H3. The molecule has 5 nitrogen and oxygen atoms in total. The Morgan fingerprint density at radius 2 is 1.96 bits per heavy atom. The van der Waals surface area contributed by atoms with Crippen LogP contribution in [0.5, 0.6) is 0 Å². The minimum atomic E-state index is -0.428. The lowest BCUT2D eigenvalue weighted by Crippen LogP contribution is -2.43. The van der Waals surface area contributed by atoms with E-state index in [1.54, 1.807) is 0 Å². The molecule has 3 rings (SSSR count). The van der Waals surface area contributed by atoms with E-state index in [-0.39, 0.29) is 24.5 Å². The SMILES string of the molecule is CC(C)c1nccc(CC2C(NC3CCCCC3)CC(O)C2CO)n1. The Bertz CT molecular complexity index is 545. The monoisotopic (exact) mass is 347 g/mol. The Balaban J connectivity index is 1.72. The molecule has 1 aromatic rings. The van der Waals surface area contributed by atoms with Gasteiger partial charge in [0.05, 0.1) is 6.10 Å². The fraction of sp³-hybridized carbons (Fsp3) is 0.800. The normalized spacial score (nSPS) is 30.9. The molecule has 0 saturated heterocycles. The Hall–Kier alpha value is -1.04. The summed E-state index contributed by atoms with van der Waals surface area (Å²) in [6.45, 7) is 4.24. The van der Waals surface area contributed by atoms with Crippen molar-refractivity contribution in [2.45, 2.75) is 82.9 Å². The highest BCUT2D eigenvalue weighted by Crippen LogP contribution is 2.35. The lowest BCUT2D eigenvalue weighted by molar-refractivity contribution is 0.0714. The zero-order valence-corrected chi connectivity index (χ0v) is 15.6. The van der Waals surface area contributed by atoms with Gasteiger partial charge in [-0.2, -0.15) is 0 Å². The van der Waals surface area contributed by atoms with E-state index in [0.717, 1.165) is 24.4 Å². The van der Waals surface area contributed by atoms with Crippen molar-refractivity contribution in [1.29, 1.82) is 0 Å². The fourth-order valence-corrected chi connectivity index (χ4v) is 4.55. The molecule has 140 valence electrons. The third-order valence-corrected chi connectivity index (χ3v) is 6.02. The molecule has 2 aliphatic rings. The van der Waals surface area contributed by atoms with Gasteiger partial charge in [0, 0.05) is 42.4 Å². The first-order valence-corrected chi connectivity index (χ1v) is 9.95. The number of hydrogen-bond donors (Lipinski definition) is 3. The maximum absolute atomic E-state index is 10.4. The van der Waals surface area contributed by atoms with E-state index in [1.807, 2.05) is 12.3 Å². The van der Waals surface area contributed by atoms with Crippen molar-refractivity contribution in [3.8, 4) is 0 Å². The van der Waals surface area contributed by atoms with Crippen LogP contribution in [0.4, 0.5) is 0 Å². The van der Waals surface area contributed by atoms with Crippen LogP contribution in [0, 0.1) is 11.8 Å². The van der Waals surface area contributed by atoms with Gasteiger partial charge in [-0.1, -0.05) is 33.1 Å². The van der Waals surface area contributed by atoms with E-state index < -0.39 is 6.10 Å². The van der Waals surface area contributed by atoms with Crippen LogP contribution >= 0.6 is 0 Å². The third kappa shape index (κ3) is 4.57. The summed E-state index contributed by atoms with van der Waals surface area (Å²) in [7, 11) is 0. The molecule has 2 aliphatic carbocycles. The van der Waals surface area contributed by atoms with Gasteiger partial charge < -0.3 is 15.5 Å². The molecular weight excluding hydrogens is 314 g/mol. The minimum Gasteiger partial charge on any atom is -0.396 e. The van der Waals surface area contributed by atoms with Crippen LogP contribution in [0.15, 0.2) is 12.3 Å². The van der Waals surface area contributed by atoms with Gasteiger partial charge in [-0.05, 0) is 37.7 Å². The van der Waals surface area contributed by atoms with Gasteiger partial charge in [-0.25, -0.2) is 9.97 Å². The molecule has 1 heterocycles. The molecule has 0 spiro atoms. The van der Waals surface area contributed by atoms with Gasteiger partial charge in [0.2, 0.25) is 0 Å². The number of nitrogens with one attached hydrogen (secondary N) is 1. The second kappa shape index (κ2) is 8.56. The number of hydrogen-bond acceptors (Lipinski definition) is 5. The van der Waals surface area contributed by atoms with E-state index in [9.17, 15) is 10.2 Å². The lowest BCUT2D eigenvalue weighted by atomic mass is 9.87. The van der Waals surface area contributed by atoms with Crippen LogP contribution in [0.1, 0.15) is 69.8 Å². The first kappa shape index (κ1) is 18.7. The summed E-state index contributed by atoms with van der Waals surface area (Å²) in [4.78, 5) is 9.06. The zero-order valence-electron chi connectivity index (χ0n) is 15.6. The van der Waals surface area contributed by atoms with Crippen molar-refractivity contribution in [2.75, 3.05) is 6.61 Å². The summed E-state index contributed by atoms with van der Waals surface area (Å²) in [6, 6.07) is 2.79. The number of aliphatic hydroxyl groups is 2. The fourth-order valence-electron chi connectivity index (χ4n) is 4.55. The number of nitrogens with zero attached hydrogens (tertiary/aromatic N) is 2. The summed E-state index contributed by atoms with van der Waals surface area (Å²) in [5, 5.41) is 24.1. The molecular formula is C20H33N3O2. The highest BCUT2D eigenvalue weighted by atomic mass is 16.3. The van der Waals surface area contributed by atoms with Crippen molar-refractivity contribution in [3.05, 3.63) is 23.8 Å². The first-order valence-electron chi connectivity index (χ1n) is 9.95. The molecule has 2 fully saturated rings. The van der Waals surface area contributed by atoms with Crippen LogP contribution in [0.3, 0.4) is 0 Å². The molecule has 5 heteroatoms. The number of rotatable bonds is 6. The summed E-state index contributed by atoms with van der Waals surface area (Å²) in [5.74, 6) is 1.32. The third-order valence-electron chi connectivity index (χ3n) is 6.02. The van der Waals surface area contributed by atoms with Crippen LogP contribution in [-0.2, 0) is 6.42 Å². The molecule has 1 aromatic heterocycles. The molecule has 25 heavy (non-hydrogen) atoms. The maximum Gasteiger partial charge on any atom is 0.131 e. The summed E-state index contributed by atoms with van der Waals surface area (Å²) < 4.78 is 0. The van der Waals surface area contributed by atoms with Crippen molar-refractivity contribution in [1.82, 2.24) is 15.3 Å². The molecule has 2 saturated carbocycles. The van der Waals surface area contributed by atoms with E-state index in [4.69, 9.17) is 4.98 Å². The van der Waals surface area contributed by atoms with Gasteiger partial charge in [0.15, 0.2) is 0 Å². The average molecular weight is 348 g/mol. The Morgan fingerprint density at radius 3 is 2.64 bits per heavy atom. The van der Waals surface area contributed by atoms with E-state index >= 15 is 0 Å². The van der Waals surface area contributed by atoms with Gasteiger partial charge in [-0.15, -0.1) is 0 Å². The minimum absolute atomic E-state index is 0.0385. The summed E-state index contributed by atoms with van der Waals surface area (Å²) in [5.41, 5.74) is 1.02.